The summed E-state index contributed by atoms with van der Waals surface area (Å²) < 4.78 is 6.15. The second-order valence-electron chi connectivity index (χ2n) is 4.55. The van der Waals surface area contributed by atoms with Gasteiger partial charge in [0.2, 0.25) is 0 Å². The SMILES string of the molecule is Cc1nc(-c2ccc3c(c2)CCCC3)c(Br)o1. The van der Waals surface area contributed by atoms with Gasteiger partial charge in [-0.2, -0.15) is 0 Å². The first-order valence-electron chi connectivity index (χ1n) is 5.99. The largest absolute Gasteiger partial charge is 0.434 e. The Hall–Kier alpha value is -1.09. The van der Waals surface area contributed by atoms with Crippen LogP contribution in [0.4, 0.5) is 0 Å². The molecule has 1 heterocycles. The summed E-state index contributed by atoms with van der Waals surface area (Å²) in [7, 11) is 0. The quantitative estimate of drug-likeness (QED) is 0.783. The van der Waals surface area contributed by atoms with E-state index in [4.69, 9.17) is 4.42 Å². The standard InChI is InChI=1S/C14H14BrNO/c1-9-16-13(14(15)17-9)12-7-6-10-4-2-3-5-11(10)8-12/h6-8H,2-5H2,1H3. The van der Waals surface area contributed by atoms with E-state index < -0.39 is 0 Å². The van der Waals surface area contributed by atoms with Crippen molar-refractivity contribution >= 4 is 15.9 Å². The number of nitrogens with zero attached hydrogens (tertiary/aromatic N) is 1. The Balaban J connectivity index is 2.06. The van der Waals surface area contributed by atoms with Gasteiger partial charge >= 0.3 is 0 Å². The van der Waals surface area contributed by atoms with Crippen molar-refractivity contribution in [3.63, 3.8) is 0 Å². The third-order valence-electron chi connectivity index (χ3n) is 3.31. The summed E-state index contributed by atoms with van der Waals surface area (Å²) in [5, 5.41) is 0. The highest BCUT2D eigenvalue weighted by Gasteiger charge is 2.14. The summed E-state index contributed by atoms with van der Waals surface area (Å²) in [6.45, 7) is 1.87. The first kappa shape index (κ1) is 11.0. The lowest BCUT2D eigenvalue weighted by Crippen LogP contribution is -2.02. The van der Waals surface area contributed by atoms with Crippen LogP contribution in [0.2, 0.25) is 0 Å². The Morgan fingerprint density at radius 1 is 1.18 bits per heavy atom. The van der Waals surface area contributed by atoms with E-state index in [0.29, 0.717) is 5.89 Å². The van der Waals surface area contributed by atoms with Crippen LogP contribution in [0.5, 0.6) is 0 Å². The minimum atomic E-state index is 0.699. The van der Waals surface area contributed by atoms with Gasteiger partial charge in [-0.15, -0.1) is 0 Å². The van der Waals surface area contributed by atoms with Crippen LogP contribution in [-0.4, -0.2) is 4.98 Å². The molecule has 0 unspecified atom stereocenters. The van der Waals surface area contributed by atoms with Crippen molar-refractivity contribution in [2.24, 2.45) is 0 Å². The van der Waals surface area contributed by atoms with Gasteiger partial charge in [0.15, 0.2) is 10.6 Å². The van der Waals surface area contributed by atoms with Crippen molar-refractivity contribution in [1.82, 2.24) is 4.98 Å². The zero-order chi connectivity index (χ0) is 11.8. The van der Waals surface area contributed by atoms with Crippen LogP contribution in [0.25, 0.3) is 11.3 Å². The Labute approximate surface area is 109 Å². The highest BCUT2D eigenvalue weighted by molar-refractivity contribution is 9.10. The molecule has 0 N–H and O–H groups in total. The van der Waals surface area contributed by atoms with Crippen LogP contribution in [0.3, 0.4) is 0 Å². The Morgan fingerprint density at radius 3 is 2.65 bits per heavy atom. The van der Waals surface area contributed by atoms with Crippen molar-refractivity contribution in [2.75, 3.05) is 0 Å². The number of aromatic nitrogens is 1. The number of oxazole rings is 1. The van der Waals surface area contributed by atoms with Crippen LogP contribution < -0.4 is 0 Å². The molecule has 0 amide bonds. The number of rotatable bonds is 1. The molecule has 2 nitrogen and oxygen atoms in total. The lowest BCUT2D eigenvalue weighted by molar-refractivity contribution is 0.500. The molecule has 17 heavy (non-hydrogen) atoms. The van der Waals surface area contributed by atoms with Crippen molar-refractivity contribution in [3.8, 4) is 11.3 Å². The predicted molar refractivity (Wildman–Crippen MR) is 71.0 cm³/mol. The van der Waals surface area contributed by atoms with Gasteiger partial charge in [-0.3, -0.25) is 0 Å². The first-order valence-corrected chi connectivity index (χ1v) is 6.78. The molecular weight excluding hydrogens is 278 g/mol. The zero-order valence-electron chi connectivity index (χ0n) is 9.79. The van der Waals surface area contributed by atoms with E-state index in [-0.39, 0.29) is 0 Å². The number of benzene rings is 1. The molecular formula is C14H14BrNO. The number of aryl methyl sites for hydroxylation is 3. The van der Waals surface area contributed by atoms with E-state index >= 15 is 0 Å². The van der Waals surface area contributed by atoms with Crippen LogP contribution in [-0.2, 0) is 12.8 Å². The molecule has 0 radical (unpaired) electrons. The van der Waals surface area contributed by atoms with Gasteiger partial charge in [0.1, 0.15) is 5.69 Å². The molecule has 0 saturated carbocycles. The minimum Gasteiger partial charge on any atom is -0.434 e. The summed E-state index contributed by atoms with van der Waals surface area (Å²) in [5.41, 5.74) is 5.03. The van der Waals surface area contributed by atoms with Gasteiger partial charge in [-0.1, -0.05) is 12.1 Å². The van der Waals surface area contributed by atoms with Crippen LogP contribution in [0.1, 0.15) is 29.9 Å². The molecule has 3 rings (SSSR count). The fourth-order valence-electron chi connectivity index (χ4n) is 2.46. The smallest absolute Gasteiger partial charge is 0.197 e. The highest BCUT2D eigenvalue weighted by Crippen LogP contribution is 2.31. The molecule has 88 valence electrons. The van der Waals surface area contributed by atoms with E-state index in [2.05, 4.69) is 39.1 Å². The molecule has 2 aromatic rings. The van der Waals surface area contributed by atoms with Gasteiger partial charge < -0.3 is 4.42 Å². The van der Waals surface area contributed by atoms with E-state index in [1.165, 1.54) is 36.8 Å². The second kappa shape index (κ2) is 4.30. The molecule has 1 aliphatic rings. The summed E-state index contributed by atoms with van der Waals surface area (Å²) in [5.74, 6) is 0.699. The molecule has 0 aliphatic heterocycles. The Morgan fingerprint density at radius 2 is 1.94 bits per heavy atom. The molecule has 0 spiro atoms. The van der Waals surface area contributed by atoms with Gasteiger partial charge in [0, 0.05) is 12.5 Å². The molecule has 0 bridgehead atoms. The lowest BCUT2D eigenvalue weighted by atomic mass is 9.90. The molecule has 0 saturated heterocycles. The fourth-order valence-corrected chi connectivity index (χ4v) is 3.01. The van der Waals surface area contributed by atoms with Crippen molar-refractivity contribution < 1.29 is 4.42 Å². The molecule has 0 atom stereocenters. The summed E-state index contributed by atoms with van der Waals surface area (Å²) in [6, 6.07) is 6.64. The van der Waals surface area contributed by atoms with Gasteiger partial charge in [0.05, 0.1) is 0 Å². The van der Waals surface area contributed by atoms with Gasteiger partial charge in [-0.05, 0) is 58.8 Å². The van der Waals surface area contributed by atoms with E-state index in [0.717, 1.165) is 15.9 Å². The summed E-state index contributed by atoms with van der Waals surface area (Å²) >= 11 is 3.42. The first-order chi connectivity index (χ1) is 8.24. The zero-order valence-corrected chi connectivity index (χ0v) is 11.4. The number of hydrogen-bond acceptors (Lipinski definition) is 2. The summed E-state index contributed by atoms with van der Waals surface area (Å²) in [6.07, 6.45) is 5.03. The predicted octanol–water partition coefficient (Wildman–Crippen LogP) is 4.29. The maximum atomic E-state index is 5.42. The third kappa shape index (κ3) is 2.04. The lowest BCUT2D eigenvalue weighted by Gasteiger charge is -2.16. The summed E-state index contributed by atoms with van der Waals surface area (Å²) in [4.78, 5) is 4.42. The maximum Gasteiger partial charge on any atom is 0.197 e. The third-order valence-corrected chi connectivity index (χ3v) is 3.85. The topological polar surface area (TPSA) is 26.0 Å². The van der Waals surface area contributed by atoms with E-state index in [1.54, 1.807) is 0 Å². The number of halogens is 1. The van der Waals surface area contributed by atoms with E-state index in [1.807, 2.05) is 6.92 Å². The van der Waals surface area contributed by atoms with Crippen LogP contribution in [0, 0.1) is 6.92 Å². The van der Waals surface area contributed by atoms with Crippen LogP contribution in [0.15, 0.2) is 27.3 Å². The van der Waals surface area contributed by atoms with E-state index in [9.17, 15) is 0 Å². The fraction of sp³-hybridized carbons (Fsp3) is 0.357. The Bertz CT molecular complexity index is 559. The molecule has 3 heteroatoms. The number of hydrogen-bond donors (Lipinski definition) is 0. The average Bonchev–Trinajstić information content (AvgIpc) is 2.68. The Kier molecular flexibility index (Phi) is 2.79. The number of fused-ring (bicyclic) bond motifs is 1. The normalized spacial score (nSPS) is 14.7. The van der Waals surface area contributed by atoms with Crippen molar-refractivity contribution in [1.29, 1.82) is 0 Å². The average molecular weight is 292 g/mol. The van der Waals surface area contributed by atoms with Crippen LogP contribution >= 0.6 is 15.9 Å². The monoisotopic (exact) mass is 291 g/mol. The van der Waals surface area contributed by atoms with Crippen molar-refractivity contribution in [2.45, 2.75) is 32.6 Å². The molecule has 1 aromatic carbocycles. The minimum absolute atomic E-state index is 0.699. The molecule has 0 fully saturated rings. The maximum absolute atomic E-state index is 5.42. The van der Waals surface area contributed by atoms with Crippen molar-refractivity contribution in [3.05, 3.63) is 39.9 Å². The van der Waals surface area contributed by atoms with Gasteiger partial charge in [-0.25, -0.2) is 4.98 Å². The molecule has 1 aliphatic carbocycles. The van der Waals surface area contributed by atoms with Gasteiger partial charge in [0.25, 0.3) is 0 Å². The highest BCUT2D eigenvalue weighted by atomic mass is 79.9. The second-order valence-corrected chi connectivity index (χ2v) is 5.27. The molecule has 1 aromatic heterocycles.